The average Bonchev–Trinajstić information content (AvgIpc) is 3.37. The number of halogens is 1. The van der Waals surface area contributed by atoms with Crippen molar-refractivity contribution in [1.82, 2.24) is 14.9 Å². The summed E-state index contributed by atoms with van der Waals surface area (Å²) in [6.07, 6.45) is 0. The highest BCUT2D eigenvalue weighted by atomic mass is 35.5. The summed E-state index contributed by atoms with van der Waals surface area (Å²) in [5, 5.41) is 12.0. The lowest BCUT2D eigenvalue weighted by molar-refractivity contribution is -0.119. The van der Waals surface area contributed by atoms with Crippen LogP contribution in [0.5, 0.6) is 0 Å². The zero-order chi connectivity index (χ0) is 20.5. The smallest absolute Gasteiger partial charge is 0.348 e. The predicted octanol–water partition coefficient (Wildman–Crippen LogP) is 4.14. The van der Waals surface area contributed by atoms with Crippen LogP contribution in [-0.4, -0.2) is 33.4 Å². The minimum absolute atomic E-state index is 0.195. The number of ether oxygens (including phenoxy) is 1. The van der Waals surface area contributed by atoms with Crippen molar-refractivity contribution in [3.05, 3.63) is 57.7 Å². The molecule has 1 aromatic carbocycles. The van der Waals surface area contributed by atoms with Gasteiger partial charge < -0.3 is 9.26 Å². The lowest BCUT2D eigenvalue weighted by atomic mass is 10.3. The Morgan fingerprint density at radius 3 is 2.79 bits per heavy atom. The van der Waals surface area contributed by atoms with E-state index in [1.807, 2.05) is 25.1 Å². The van der Waals surface area contributed by atoms with Gasteiger partial charge in [-0.15, -0.1) is 11.3 Å². The molecule has 0 atom stereocenters. The largest absolute Gasteiger partial charge is 0.451 e. The number of amides is 1. The second-order valence-corrected chi connectivity index (χ2v) is 7.67. The molecule has 29 heavy (non-hydrogen) atoms. The molecule has 0 spiro atoms. The maximum atomic E-state index is 12.4. The summed E-state index contributed by atoms with van der Waals surface area (Å²) in [6, 6.07) is 10.6. The molecule has 0 aliphatic carbocycles. The molecule has 4 aromatic rings. The van der Waals surface area contributed by atoms with Gasteiger partial charge >= 0.3 is 5.97 Å². The highest BCUT2D eigenvalue weighted by Crippen LogP contribution is 2.32. The minimum Gasteiger partial charge on any atom is -0.451 e. The number of hydrogen-bond acceptors (Lipinski definition) is 7. The van der Waals surface area contributed by atoms with Crippen LogP contribution in [0.1, 0.15) is 21.1 Å². The highest BCUT2D eigenvalue weighted by Gasteiger charge is 2.20. The second-order valence-electron chi connectivity index (χ2n) is 6.23. The predicted molar refractivity (Wildman–Crippen MR) is 109 cm³/mol. The molecule has 0 bridgehead atoms. The molecule has 148 valence electrons. The summed E-state index contributed by atoms with van der Waals surface area (Å²) in [5.41, 5.74) is 2.11. The van der Waals surface area contributed by atoms with Gasteiger partial charge in [-0.3, -0.25) is 10.1 Å². The van der Waals surface area contributed by atoms with Crippen molar-refractivity contribution in [2.75, 3.05) is 11.9 Å². The van der Waals surface area contributed by atoms with Gasteiger partial charge in [0.15, 0.2) is 6.61 Å². The third-order valence-corrected chi connectivity index (χ3v) is 5.46. The zero-order valence-corrected chi connectivity index (χ0v) is 17.0. The average molecular weight is 431 g/mol. The third kappa shape index (κ3) is 3.87. The molecule has 0 radical (unpaired) electrons. The number of fused-ring (bicyclic) bond motifs is 1. The summed E-state index contributed by atoms with van der Waals surface area (Å²) in [7, 11) is 0. The molecule has 0 fully saturated rings. The number of carbonyl (C=O) groups is 2. The van der Waals surface area contributed by atoms with E-state index in [0.717, 1.165) is 21.6 Å². The Kier molecular flexibility index (Phi) is 5.08. The van der Waals surface area contributed by atoms with Gasteiger partial charge in [0, 0.05) is 11.5 Å². The summed E-state index contributed by atoms with van der Waals surface area (Å²) < 4.78 is 11.7. The fraction of sp³-hybridized carbons (Fsp3) is 0.158. The van der Waals surface area contributed by atoms with E-state index in [0.29, 0.717) is 15.6 Å². The van der Waals surface area contributed by atoms with Crippen molar-refractivity contribution >= 4 is 50.9 Å². The number of nitrogens with one attached hydrogen (secondary N) is 1. The molecule has 1 N–H and O–H groups in total. The Morgan fingerprint density at radius 1 is 1.28 bits per heavy atom. The number of aryl methyl sites for hydroxylation is 2. The number of carbonyl (C=O) groups excluding carboxylic acids is 2. The number of nitrogens with zero attached hydrogens (tertiary/aromatic N) is 3. The van der Waals surface area contributed by atoms with Gasteiger partial charge in [0.2, 0.25) is 5.88 Å². The lowest BCUT2D eigenvalue weighted by Gasteiger charge is -2.04. The molecule has 10 heteroatoms. The fourth-order valence-electron chi connectivity index (χ4n) is 2.73. The Hall–Kier alpha value is -3.17. The van der Waals surface area contributed by atoms with Crippen LogP contribution in [0.4, 0.5) is 5.88 Å². The number of rotatable bonds is 5. The topological polar surface area (TPSA) is 99.2 Å². The van der Waals surface area contributed by atoms with Crippen LogP contribution in [0, 0.1) is 13.8 Å². The number of para-hydroxylation sites is 1. The molecule has 4 rings (SSSR count). The molecule has 8 nitrogen and oxygen atoms in total. The van der Waals surface area contributed by atoms with Crippen molar-refractivity contribution in [1.29, 1.82) is 0 Å². The van der Waals surface area contributed by atoms with Gasteiger partial charge in [-0.1, -0.05) is 28.9 Å². The number of esters is 1. The molecule has 0 aliphatic rings. The van der Waals surface area contributed by atoms with Crippen LogP contribution < -0.4 is 5.32 Å². The SMILES string of the molecule is Cc1cc(NC(=O)COC(=O)c2cc3c(C)nn(-c4ccccc4Cl)c3s2)on1. The van der Waals surface area contributed by atoms with Gasteiger partial charge in [0.1, 0.15) is 9.71 Å². The summed E-state index contributed by atoms with van der Waals surface area (Å²) in [4.78, 5) is 25.5. The molecule has 3 aromatic heterocycles. The molecule has 1 amide bonds. The normalized spacial score (nSPS) is 11.0. The van der Waals surface area contributed by atoms with Gasteiger partial charge in [-0.2, -0.15) is 5.10 Å². The summed E-state index contributed by atoms with van der Waals surface area (Å²) in [6.45, 7) is 3.14. The van der Waals surface area contributed by atoms with Crippen molar-refractivity contribution in [3.63, 3.8) is 0 Å². The third-order valence-electron chi connectivity index (χ3n) is 4.05. The first-order chi connectivity index (χ1) is 13.9. The van der Waals surface area contributed by atoms with Crippen molar-refractivity contribution < 1.29 is 18.8 Å². The molecule has 0 unspecified atom stereocenters. The van der Waals surface area contributed by atoms with Crippen molar-refractivity contribution in [2.24, 2.45) is 0 Å². The molecule has 3 heterocycles. The van der Waals surface area contributed by atoms with Crippen LogP contribution in [0.25, 0.3) is 15.9 Å². The molecule has 0 aliphatic heterocycles. The van der Waals surface area contributed by atoms with E-state index in [4.69, 9.17) is 20.9 Å². The lowest BCUT2D eigenvalue weighted by Crippen LogP contribution is -2.20. The molecule has 0 saturated heterocycles. The summed E-state index contributed by atoms with van der Waals surface area (Å²) in [5.74, 6) is -0.921. The van der Waals surface area contributed by atoms with E-state index < -0.39 is 18.5 Å². The number of thiophene rings is 1. The standard InChI is InChI=1S/C19H15ClN4O4S/c1-10-7-17(28-23-10)21-16(25)9-27-19(26)15-8-12-11(2)22-24(18(12)29-15)14-6-4-3-5-13(14)20/h3-8H,9H2,1-2H3,(H,21,25). The van der Waals surface area contributed by atoms with Crippen LogP contribution in [0.15, 0.2) is 40.9 Å². The maximum Gasteiger partial charge on any atom is 0.348 e. The van der Waals surface area contributed by atoms with E-state index in [1.54, 1.807) is 29.8 Å². The zero-order valence-electron chi connectivity index (χ0n) is 15.4. The Bertz CT molecular complexity index is 1230. The Morgan fingerprint density at radius 2 is 2.07 bits per heavy atom. The van der Waals surface area contributed by atoms with E-state index >= 15 is 0 Å². The fourth-order valence-corrected chi connectivity index (χ4v) is 4.02. The molecular weight excluding hydrogens is 416 g/mol. The Balaban J connectivity index is 1.51. The first kappa shape index (κ1) is 19.2. The number of aromatic nitrogens is 3. The minimum atomic E-state index is -0.597. The first-order valence-electron chi connectivity index (χ1n) is 8.57. The van der Waals surface area contributed by atoms with E-state index in [9.17, 15) is 9.59 Å². The number of anilines is 1. The van der Waals surface area contributed by atoms with Crippen LogP contribution in [0.3, 0.4) is 0 Å². The monoisotopic (exact) mass is 430 g/mol. The Labute approximate surface area is 174 Å². The van der Waals surface area contributed by atoms with Crippen LogP contribution in [-0.2, 0) is 9.53 Å². The van der Waals surface area contributed by atoms with E-state index in [1.165, 1.54) is 11.3 Å². The van der Waals surface area contributed by atoms with Crippen molar-refractivity contribution in [2.45, 2.75) is 13.8 Å². The second kappa shape index (κ2) is 7.69. The number of benzene rings is 1. The van der Waals surface area contributed by atoms with E-state index in [2.05, 4.69) is 15.6 Å². The van der Waals surface area contributed by atoms with Crippen LogP contribution in [0.2, 0.25) is 5.02 Å². The highest BCUT2D eigenvalue weighted by molar-refractivity contribution is 7.20. The maximum absolute atomic E-state index is 12.4. The van der Waals surface area contributed by atoms with Crippen LogP contribution >= 0.6 is 22.9 Å². The van der Waals surface area contributed by atoms with Gasteiger partial charge in [0.05, 0.1) is 22.1 Å². The quantitative estimate of drug-likeness (QED) is 0.478. The van der Waals surface area contributed by atoms with Gasteiger partial charge in [-0.25, -0.2) is 9.48 Å². The van der Waals surface area contributed by atoms with Gasteiger partial charge in [-0.05, 0) is 32.0 Å². The summed E-state index contributed by atoms with van der Waals surface area (Å²) >= 11 is 7.51. The van der Waals surface area contributed by atoms with E-state index in [-0.39, 0.29) is 5.88 Å². The van der Waals surface area contributed by atoms with Gasteiger partial charge in [0.25, 0.3) is 5.91 Å². The number of hydrogen-bond donors (Lipinski definition) is 1. The first-order valence-corrected chi connectivity index (χ1v) is 9.76. The molecular formula is C19H15ClN4O4S. The van der Waals surface area contributed by atoms with Crippen molar-refractivity contribution in [3.8, 4) is 5.69 Å². The molecule has 0 saturated carbocycles.